The lowest BCUT2D eigenvalue weighted by atomic mass is 10.1. The van der Waals surface area contributed by atoms with Gasteiger partial charge in [0, 0.05) is 10.7 Å². The van der Waals surface area contributed by atoms with E-state index in [1.807, 2.05) is 0 Å². The summed E-state index contributed by atoms with van der Waals surface area (Å²) in [5.41, 5.74) is 0.0153. The first-order chi connectivity index (χ1) is 9.36. The third-order valence-corrected chi connectivity index (χ3v) is 2.85. The summed E-state index contributed by atoms with van der Waals surface area (Å²) in [5, 5.41) is 2.30. The molecule has 1 unspecified atom stereocenters. The molecule has 6 heteroatoms. The highest BCUT2D eigenvalue weighted by molar-refractivity contribution is 6.30. The second-order valence-corrected chi connectivity index (χ2v) is 4.62. The molecule has 0 bridgehead atoms. The molecular weight excluding hydrogens is 294 g/mol. The predicted molar refractivity (Wildman–Crippen MR) is 70.3 cm³/mol. The van der Waals surface area contributed by atoms with E-state index in [0.717, 1.165) is 12.1 Å². The molecule has 0 saturated heterocycles. The maximum absolute atomic E-state index is 13.2. The van der Waals surface area contributed by atoms with Crippen LogP contribution < -0.4 is 5.32 Å². The van der Waals surface area contributed by atoms with Crippen LogP contribution in [0.15, 0.2) is 48.5 Å². The van der Waals surface area contributed by atoms with E-state index in [1.165, 1.54) is 30.3 Å². The van der Waals surface area contributed by atoms with E-state index in [2.05, 4.69) is 5.32 Å². The smallest absolute Gasteiger partial charge is 0.370 e. The summed E-state index contributed by atoms with van der Waals surface area (Å²) >= 11 is 5.63. The van der Waals surface area contributed by atoms with Crippen molar-refractivity contribution in [3.05, 3.63) is 64.9 Å². The maximum atomic E-state index is 13.2. The summed E-state index contributed by atoms with van der Waals surface area (Å²) in [5.74, 6) is -0.700. The molecule has 2 rings (SSSR count). The van der Waals surface area contributed by atoms with Gasteiger partial charge in [-0.2, -0.15) is 13.2 Å². The third-order valence-electron chi connectivity index (χ3n) is 2.63. The molecule has 0 aliphatic rings. The zero-order valence-electron chi connectivity index (χ0n) is 10.1. The van der Waals surface area contributed by atoms with E-state index in [1.54, 1.807) is 6.07 Å². The number of nitrogens with one attached hydrogen (secondary N) is 1. The molecule has 0 fully saturated rings. The van der Waals surface area contributed by atoms with Crippen LogP contribution in [0.1, 0.15) is 11.6 Å². The van der Waals surface area contributed by atoms with Gasteiger partial charge >= 0.3 is 6.18 Å². The van der Waals surface area contributed by atoms with Crippen LogP contribution in [-0.2, 0) is 0 Å². The fourth-order valence-electron chi connectivity index (χ4n) is 1.80. The lowest BCUT2D eigenvalue weighted by molar-refractivity contribution is -0.144. The summed E-state index contributed by atoms with van der Waals surface area (Å²) < 4.78 is 52.5. The number of rotatable bonds is 3. The number of anilines is 1. The van der Waals surface area contributed by atoms with Crippen LogP contribution in [-0.4, -0.2) is 6.18 Å². The molecule has 0 aromatic heterocycles. The third kappa shape index (κ3) is 3.63. The molecule has 0 saturated carbocycles. The largest absolute Gasteiger partial charge is 0.412 e. The Kier molecular flexibility index (Phi) is 4.18. The minimum absolute atomic E-state index is 0.0267. The van der Waals surface area contributed by atoms with Crippen molar-refractivity contribution in [1.82, 2.24) is 0 Å². The van der Waals surface area contributed by atoms with Crippen molar-refractivity contribution >= 4 is 17.3 Å². The Morgan fingerprint density at radius 3 is 2.20 bits per heavy atom. The van der Waals surface area contributed by atoms with Crippen molar-refractivity contribution in [3.8, 4) is 0 Å². The molecule has 20 heavy (non-hydrogen) atoms. The van der Waals surface area contributed by atoms with Crippen molar-refractivity contribution < 1.29 is 17.6 Å². The summed E-state index contributed by atoms with van der Waals surface area (Å²) in [4.78, 5) is 0. The monoisotopic (exact) mass is 303 g/mol. The highest BCUT2D eigenvalue weighted by Crippen LogP contribution is 2.36. The molecule has 0 spiro atoms. The standard InChI is InChI=1S/C14H10ClF4N/c15-10-6-11(16)8-12(7-10)20-13(14(17,18)19)9-4-2-1-3-5-9/h1-8,13,20H. The van der Waals surface area contributed by atoms with Gasteiger partial charge in [-0.25, -0.2) is 4.39 Å². The topological polar surface area (TPSA) is 12.0 Å². The van der Waals surface area contributed by atoms with Crippen LogP contribution in [0.25, 0.3) is 0 Å². The Labute approximate surface area is 118 Å². The van der Waals surface area contributed by atoms with Gasteiger partial charge in [-0.3, -0.25) is 0 Å². The van der Waals surface area contributed by atoms with Crippen LogP contribution in [0.2, 0.25) is 5.02 Å². The molecule has 1 N–H and O–H groups in total. The predicted octanol–water partition coefficient (Wildman–Crippen LogP) is 5.19. The van der Waals surface area contributed by atoms with Gasteiger partial charge in [0.25, 0.3) is 0 Å². The normalized spacial score (nSPS) is 13.1. The van der Waals surface area contributed by atoms with Crippen molar-refractivity contribution in [1.29, 1.82) is 0 Å². The van der Waals surface area contributed by atoms with Gasteiger partial charge in [0.2, 0.25) is 0 Å². The Bertz CT molecular complexity index is 563. The average molecular weight is 304 g/mol. The van der Waals surface area contributed by atoms with E-state index >= 15 is 0 Å². The molecular formula is C14H10ClF4N. The number of alkyl halides is 3. The summed E-state index contributed by atoms with van der Waals surface area (Å²) in [6.07, 6.45) is -4.51. The fraction of sp³-hybridized carbons (Fsp3) is 0.143. The number of benzene rings is 2. The maximum Gasteiger partial charge on any atom is 0.412 e. The molecule has 2 aromatic carbocycles. The Morgan fingerprint density at radius 2 is 1.65 bits per heavy atom. The zero-order valence-corrected chi connectivity index (χ0v) is 10.8. The summed E-state index contributed by atoms with van der Waals surface area (Å²) in [7, 11) is 0. The van der Waals surface area contributed by atoms with Gasteiger partial charge in [-0.1, -0.05) is 41.9 Å². The lowest BCUT2D eigenvalue weighted by Crippen LogP contribution is -2.27. The second kappa shape index (κ2) is 5.71. The van der Waals surface area contributed by atoms with Crippen molar-refractivity contribution in [2.24, 2.45) is 0 Å². The molecule has 1 atom stereocenters. The van der Waals surface area contributed by atoms with Gasteiger partial charge in [-0.05, 0) is 23.8 Å². The van der Waals surface area contributed by atoms with Crippen LogP contribution in [0.5, 0.6) is 0 Å². The van der Waals surface area contributed by atoms with Crippen LogP contribution in [0.3, 0.4) is 0 Å². The highest BCUT2D eigenvalue weighted by Gasteiger charge is 2.40. The zero-order chi connectivity index (χ0) is 14.8. The number of halogens is 5. The molecule has 0 aliphatic carbocycles. The van der Waals surface area contributed by atoms with Crippen molar-refractivity contribution in [2.75, 3.05) is 5.32 Å². The molecule has 1 nitrogen and oxygen atoms in total. The Morgan fingerprint density at radius 1 is 1.00 bits per heavy atom. The van der Waals surface area contributed by atoms with Crippen molar-refractivity contribution in [2.45, 2.75) is 12.2 Å². The molecule has 0 aliphatic heterocycles. The summed E-state index contributed by atoms with van der Waals surface area (Å²) in [6, 6.07) is 8.65. The Hall–Kier alpha value is -1.75. The lowest BCUT2D eigenvalue weighted by Gasteiger charge is -2.23. The minimum atomic E-state index is -4.51. The molecule has 0 heterocycles. The highest BCUT2D eigenvalue weighted by atomic mass is 35.5. The first kappa shape index (κ1) is 14.7. The van der Waals surface area contributed by atoms with Crippen LogP contribution >= 0.6 is 11.6 Å². The molecule has 0 amide bonds. The van der Waals surface area contributed by atoms with E-state index < -0.39 is 18.0 Å². The van der Waals surface area contributed by atoms with Gasteiger partial charge in [0.05, 0.1) is 0 Å². The van der Waals surface area contributed by atoms with Gasteiger partial charge in [0.15, 0.2) is 0 Å². The average Bonchev–Trinajstić information content (AvgIpc) is 2.34. The Balaban J connectivity index is 2.34. The van der Waals surface area contributed by atoms with Gasteiger partial charge in [-0.15, -0.1) is 0 Å². The SMILES string of the molecule is Fc1cc(Cl)cc(NC(c2ccccc2)C(F)(F)F)c1. The second-order valence-electron chi connectivity index (χ2n) is 4.19. The molecule has 0 radical (unpaired) electrons. The number of hydrogen-bond donors (Lipinski definition) is 1. The molecule has 106 valence electrons. The van der Waals surface area contributed by atoms with E-state index in [9.17, 15) is 17.6 Å². The van der Waals surface area contributed by atoms with E-state index in [-0.39, 0.29) is 16.3 Å². The van der Waals surface area contributed by atoms with Crippen molar-refractivity contribution in [3.63, 3.8) is 0 Å². The summed E-state index contributed by atoms with van der Waals surface area (Å²) in [6.45, 7) is 0. The first-order valence-corrected chi connectivity index (χ1v) is 6.08. The number of hydrogen-bond acceptors (Lipinski definition) is 1. The van der Waals surface area contributed by atoms with Gasteiger partial charge < -0.3 is 5.32 Å². The quantitative estimate of drug-likeness (QED) is 0.769. The fourth-order valence-corrected chi connectivity index (χ4v) is 2.03. The minimum Gasteiger partial charge on any atom is -0.370 e. The van der Waals surface area contributed by atoms with E-state index in [4.69, 9.17) is 11.6 Å². The van der Waals surface area contributed by atoms with Gasteiger partial charge in [0.1, 0.15) is 11.9 Å². The van der Waals surface area contributed by atoms with Crippen LogP contribution in [0, 0.1) is 5.82 Å². The van der Waals surface area contributed by atoms with E-state index in [0.29, 0.717) is 0 Å². The van der Waals surface area contributed by atoms with Crippen LogP contribution in [0.4, 0.5) is 23.2 Å². The molecule has 2 aromatic rings. The first-order valence-electron chi connectivity index (χ1n) is 5.70.